The molecule has 0 aromatic heterocycles. The van der Waals surface area contributed by atoms with Gasteiger partial charge in [-0.2, -0.15) is 0 Å². The topological polar surface area (TPSA) is 97.8 Å². The molecule has 2 rings (SSSR count). The van der Waals surface area contributed by atoms with E-state index in [-0.39, 0.29) is 54.9 Å². The van der Waals surface area contributed by atoms with Gasteiger partial charge in [-0.1, -0.05) is 39.0 Å². The third-order valence-corrected chi connectivity index (χ3v) is 7.96. The molecule has 0 aliphatic carbocycles. The van der Waals surface area contributed by atoms with E-state index in [4.69, 9.17) is 24.1 Å². The maximum absolute atomic E-state index is 12.1. The molecule has 7 heteroatoms. The molecule has 37 heavy (non-hydrogen) atoms. The first kappa shape index (κ1) is 32.1. The van der Waals surface area contributed by atoms with Gasteiger partial charge < -0.3 is 29.2 Å². The van der Waals surface area contributed by atoms with Crippen LogP contribution >= 0.6 is 0 Å². The second-order valence-electron chi connectivity index (χ2n) is 11.5. The van der Waals surface area contributed by atoms with Gasteiger partial charge in [-0.05, 0) is 63.9 Å². The number of rotatable bonds is 17. The quantitative estimate of drug-likeness (QED) is 0.163. The van der Waals surface area contributed by atoms with Crippen LogP contribution in [0.3, 0.4) is 0 Å². The number of epoxide rings is 1. The van der Waals surface area contributed by atoms with Crippen LogP contribution in [0, 0.1) is 17.8 Å². The van der Waals surface area contributed by atoms with E-state index < -0.39 is 6.10 Å². The van der Waals surface area contributed by atoms with Gasteiger partial charge in [-0.25, -0.2) is 0 Å². The molecular weight excluding hydrogens is 472 g/mol. The lowest BCUT2D eigenvalue weighted by atomic mass is 9.85. The van der Waals surface area contributed by atoms with Crippen molar-refractivity contribution < 1.29 is 34.0 Å². The molecule has 9 atom stereocenters. The highest BCUT2D eigenvalue weighted by atomic mass is 16.6. The highest BCUT2D eigenvalue weighted by molar-refractivity contribution is 5.78. The van der Waals surface area contributed by atoms with Gasteiger partial charge in [0.2, 0.25) is 0 Å². The number of hydrogen-bond acceptors (Lipinski definition) is 7. The second kappa shape index (κ2) is 15.5. The Balaban J connectivity index is 1.81. The Morgan fingerprint density at radius 2 is 1.92 bits per heavy atom. The number of hydrogen-bond donors (Lipinski definition) is 2. The Bertz CT molecular complexity index is 748. The smallest absolute Gasteiger partial charge is 0.135 e. The minimum absolute atomic E-state index is 0.0156. The Kier molecular flexibility index (Phi) is 13.4. The molecule has 0 radical (unpaired) electrons. The van der Waals surface area contributed by atoms with E-state index in [0.717, 1.165) is 25.7 Å². The first-order valence-corrected chi connectivity index (χ1v) is 14.1. The molecule has 0 aromatic rings. The van der Waals surface area contributed by atoms with Crippen molar-refractivity contribution in [2.45, 2.75) is 116 Å². The Labute approximate surface area is 224 Å². The van der Waals surface area contributed by atoms with Crippen LogP contribution in [0.4, 0.5) is 0 Å². The number of Topliss-reactive ketones (excluding diaryl/α,β-unsaturated/α-hetero) is 1. The molecule has 0 spiro atoms. The molecule has 0 amide bonds. The van der Waals surface area contributed by atoms with E-state index in [1.54, 1.807) is 14.0 Å². The fourth-order valence-corrected chi connectivity index (χ4v) is 5.88. The summed E-state index contributed by atoms with van der Waals surface area (Å²) in [5.74, 6) is 1.11. The number of carbonyl (C=O) groups is 1. The first-order valence-electron chi connectivity index (χ1n) is 14.1. The SMILES string of the molecule is CO[C@H]([C@@H](C)[C@H]1O[C@]1(C)C[C@H](C)/C=C/C=C(\C)[C@H]1O[C@@H](CCC(=O)CCOCCO)CC[C@@H]1C)[C@@H](C)O. The fraction of sp³-hybridized carbons (Fsp3) is 0.833. The molecule has 0 bridgehead atoms. The lowest BCUT2D eigenvalue weighted by molar-refractivity contribution is -0.122. The Morgan fingerprint density at radius 3 is 2.57 bits per heavy atom. The number of aliphatic hydroxyl groups is 2. The van der Waals surface area contributed by atoms with Crippen molar-refractivity contribution in [1.29, 1.82) is 0 Å². The molecule has 214 valence electrons. The van der Waals surface area contributed by atoms with Crippen LogP contribution in [0.5, 0.6) is 0 Å². The highest BCUT2D eigenvalue weighted by Gasteiger charge is 2.56. The monoisotopic (exact) mass is 524 g/mol. The lowest BCUT2D eigenvalue weighted by Crippen LogP contribution is -2.36. The van der Waals surface area contributed by atoms with Gasteiger partial charge in [0.1, 0.15) is 5.78 Å². The van der Waals surface area contributed by atoms with Crippen LogP contribution in [0.15, 0.2) is 23.8 Å². The van der Waals surface area contributed by atoms with E-state index in [2.05, 4.69) is 52.8 Å². The number of carbonyl (C=O) groups excluding carboxylic acids is 1. The molecule has 2 saturated heterocycles. The predicted molar refractivity (Wildman–Crippen MR) is 145 cm³/mol. The number of methoxy groups -OCH3 is 1. The van der Waals surface area contributed by atoms with E-state index in [9.17, 15) is 9.90 Å². The summed E-state index contributed by atoms with van der Waals surface area (Å²) in [4.78, 5) is 12.1. The Morgan fingerprint density at radius 1 is 1.19 bits per heavy atom. The fourth-order valence-electron chi connectivity index (χ4n) is 5.88. The summed E-state index contributed by atoms with van der Waals surface area (Å²) in [6.07, 6.45) is 10.7. The maximum Gasteiger partial charge on any atom is 0.135 e. The zero-order valence-electron chi connectivity index (χ0n) is 24.2. The number of ketones is 1. The molecule has 2 heterocycles. The average molecular weight is 525 g/mol. The lowest BCUT2D eigenvalue weighted by Gasteiger charge is -2.35. The standard InChI is InChI=1S/C30H52O7/c1-20(19-30(6)29(37-30)23(4)28(34-7)24(5)32)9-8-10-21(2)27-22(3)11-13-26(36-27)14-12-25(33)15-17-35-18-16-31/h8-10,20,22-24,26-29,31-32H,11-19H2,1-7H3/b9-8+,21-10+/t20-,22+,23-,24-,26-,27-,28-,29-,30-/m1/s1. The first-order chi connectivity index (χ1) is 17.5. The van der Waals surface area contributed by atoms with Crippen molar-refractivity contribution >= 4 is 5.78 Å². The molecule has 0 aromatic carbocycles. The van der Waals surface area contributed by atoms with Crippen LogP contribution < -0.4 is 0 Å². The average Bonchev–Trinajstić information content (AvgIpc) is 3.51. The number of aliphatic hydroxyl groups excluding tert-OH is 2. The molecule has 0 unspecified atom stereocenters. The minimum Gasteiger partial charge on any atom is -0.394 e. The van der Waals surface area contributed by atoms with Crippen LogP contribution in [-0.4, -0.2) is 79.0 Å². The van der Waals surface area contributed by atoms with Crippen LogP contribution in [0.1, 0.15) is 80.1 Å². The van der Waals surface area contributed by atoms with Crippen molar-refractivity contribution in [1.82, 2.24) is 0 Å². The number of ether oxygens (including phenoxy) is 4. The summed E-state index contributed by atoms with van der Waals surface area (Å²) in [5, 5.41) is 18.7. The van der Waals surface area contributed by atoms with Crippen LogP contribution in [0.2, 0.25) is 0 Å². The number of allylic oxidation sites excluding steroid dienone is 3. The van der Waals surface area contributed by atoms with Crippen molar-refractivity contribution in [3.63, 3.8) is 0 Å². The van der Waals surface area contributed by atoms with E-state index in [1.165, 1.54) is 5.57 Å². The van der Waals surface area contributed by atoms with Crippen molar-refractivity contribution in [2.24, 2.45) is 17.8 Å². The van der Waals surface area contributed by atoms with Gasteiger partial charge in [0.05, 0.1) is 55.9 Å². The van der Waals surface area contributed by atoms with E-state index >= 15 is 0 Å². The third kappa shape index (κ3) is 10.2. The zero-order chi connectivity index (χ0) is 27.6. The predicted octanol–water partition coefficient (Wildman–Crippen LogP) is 4.64. The van der Waals surface area contributed by atoms with Gasteiger partial charge in [0.25, 0.3) is 0 Å². The van der Waals surface area contributed by atoms with Crippen LogP contribution in [-0.2, 0) is 23.7 Å². The normalized spacial score (nSPS) is 31.8. The Hall–Kier alpha value is -1.09. The molecular formula is C30H52O7. The van der Waals surface area contributed by atoms with Crippen molar-refractivity contribution in [3.05, 3.63) is 23.8 Å². The van der Waals surface area contributed by atoms with Crippen LogP contribution in [0.25, 0.3) is 0 Å². The van der Waals surface area contributed by atoms with Gasteiger partial charge in [0.15, 0.2) is 0 Å². The highest BCUT2D eigenvalue weighted by Crippen LogP contribution is 2.47. The van der Waals surface area contributed by atoms with E-state index in [1.807, 2.05) is 0 Å². The molecule has 2 fully saturated rings. The van der Waals surface area contributed by atoms with Crippen molar-refractivity contribution in [2.75, 3.05) is 26.9 Å². The summed E-state index contributed by atoms with van der Waals surface area (Å²) in [6, 6.07) is 0. The molecule has 2 aliphatic rings. The van der Waals surface area contributed by atoms with Gasteiger partial charge in [0, 0.05) is 25.9 Å². The molecule has 2 N–H and O–H groups in total. The second-order valence-corrected chi connectivity index (χ2v) is 11.5. The zero-order valence-corrected chi connectivity index (χ0v) is 24.2. The minimum atomic E-state index is -0.527. The van der Waals surface area contributed by atoms with Gasteiger partial charge in [-0.3, -0.25) is 4.79 Å². The maximum atomic E-state index is 12.1. The van der Waals surface area contributed by atoms with Gasteiger partial charge >= 0.3 is 0 Å². The van der Waals surface area contributed by atoms with Crippen molar-refractivity contribution in [3.8, 4) is 0 Å². The largest absolute Gasteiger partial charge is 0.394 e. The molecule has 2 aliphatic heterocycles. The molecule has 7 nitrogen and oxygen atoms in total. The van der Waals surface area contributed by atoms with Gasteiger partial charge in [-0.15, -0.1) is 0 Å². The third-order valence-electron chi connectivity index (χ3n) is 7.96. The summed E-state index contributed by atoms with van der Waals surface area (Å²) >= 11 is 0. The van der Waals surface area contributed by atoms with E-state index in [0.29, 0.717) is 31.3 Å². The summed E-state index contributed by atoms with van der Waals surface area (Å²) < 4.78 is 23.2. The summed E-state index contributed by atoms with van der Waals surface area (Å²) in [5.41, 5.74) is 1.02. The summed E-state index contributed by atoms with van der Waals surface area (Å²) in [6.45, 7) is 13.2. The molecule has 0 saturated carbocycles. The summed E-state index contributed by atoms with van der Waals surface area (Å²) in [7, 11) is 1.64.